The number of amides is 1. The minimum absolute atomic E-state index is 0.170. The number of carbonyl (C=O) groups is 1. The highest BCUT2D eigenvalue weighted by atomic mass is 16.1. The predicted molar refractivity (Wildman–Crippen MR) is 125 cm³/mol. The van der Waals surface area contributed by atoms with Crippen molar-refractivity contribution in [2.45, 2.75) is 96.9 Å². The van der Waals surface area contributed by atoms with Gasteiger partial charge in [0.2, 0.25) is 0 Å². The van der Waals surface area contributed by atoms with Crippen LogP contribution < -0.4 is 5.73 Å². The lowest BCUT2D eigenvalue weighted by Crippen LogP contribution is -2.33. The first-order valence-electron chi connectivity index (χ1n) is 11.8. The molecule has 1 heterocycles. The molecule has 0 atom stereocenters. The van der Waals surface area contributed by atoms with Gasteiger partial charge < -0.3 is 10.3 Å². The number of primary amides is 1. The molecule has 1 aromatic carbocycles. The number of rotatable bonds is 4. The molecule has 0 spiro atoms. The molecule has 0 saturated heterocycles. The van der Waals surface area contributed by atoms with Crippen LogP contribution in [0.2, 0.25) is 0 Å². The smallest absolute Gasteiger partial charge is 0.250 e. The molecular weight excluding hydrogens is 368 g/mol. The van der Waals surface area contributed by atoms with Crippen LogP contribution in [0.1, 0.15) is 99.8 Å². The van der Waals surface area contributed by atoms with E-state index in [2.05, 4.69) is 57.4 Å². The van der Waals surface area contributed by atoms with Gasteiger partial charge in [-0.3, -0.25) is 4.79 Å². The Morgan fingerprint density at radius 1 is 1.00 bits per heavy atom. The maximum Gasteiger partial charge on any atom is 0.250 e. The summed E-state index contributed by atoms with van der Waals surface area (Å²) >= 11 is 0. The van der Waals surface area contributed by atoms with E-state index in [1.165, 1.54) is 61.6 Å². The lowest BCUT2D eigenvalue weighted by Gasteiger charge is -2.42. The van der Waals surface area contributed by atoms with Crippen molar-refractivity contribution in [2.75, 3.05) is 0 Å². The Morgan fingerprint density at radius 2 is 1.63 bits per heavy atom. The molecule has 2 aliphatic rings. The van der Waals surface area contributed by atoms with Crippen LogP contribution in [-0.2, 0) is 17.4 Å². The fraction of sp³-hybridized carbons (Fsp3) is 0.593. The van der Waals surface area contributed by atoms with Gasteiger partial charge in [-0.05, 0) is 78.2 Å². The van der Waals surface area contributed by atoms with E-state index in [1.807, 2.05) is 6.07 Å². The van der Waals surface area contributed by atoms with E-state index in [4.69, 9.17) is 5.73 Å². The first-order chi connectivity index (χ1) is 14.1. The van der Waals surface area contributed by atoms with Crippen LogP contribution in [0.15, 0.2) is 24.3 Å². The van der Waals surface area contributed by atoms with Gasteiger partial charge >= 0.3 is 0 Å². The summed E-state index contributed by atoms with van der Waals surface area (Å²) in [7, 11) is 0. The Labute approximate surface area is 182 Å². The molecule has 3 nitrogen and oxygen atoms in total. The first-order valence-corrected chi connectivity index (χ1v) is 11.8. The zero-order valence-corrected chi connectivity index (χ0v) is 19.5. The molecule has 0 unspecified atom stereocenters. The van der Waals surface area contributed by atoms with Crippen molar-refractivity contribution < 1.29 is 4.79 Å². The van der Waals surface area contributed by atoms with E-state index in [0.717, 1.165) is 17.9 Å². The molecule has 0 radical (unpaired) electrons. The lowest BCUT2D eigenvalue weighted by molar-refractivity contribution is 0.0999. The summed E-state index contributed by atoms with van der Waals surface area (Å²) in [4.78, 5) is 12.1. The summed E-state index contributed by atoms with van der Waals surface area (Å²) in [6.45, 7) is 12.5. The summed E-state index contributed by atoms with van der Waals surface area (Å²) in [5.74, 6) is 0.368. The second-order valence-electron chi connectivity index (χ2n) is 11.0. The fourth-order valence-corrected chi connectivity index (χ4v) is 5.74. The van der Waals surface area contributed by atoms with Crippen molar-refractivity contribution in [3.8, 4) is 11.3 Å². The third-order valence-electron chi connectivity index (χ3n) is 7.95. The number of aromatic nitrogens is 1. The fourth-order valence-electron chi connectivity index (χ4n) is 5.74. The van der Waals surface area contributed by atoms with Crippen LogP contribution in [-0.4, -0.2) is 10.5 Å². The average molecular weight is 407 g/mol. The number of nitrogens with two attached hydrogens (primary N) is 1. The van der Waals surface area contributed by atoms with E-state index in [9.17, 15) is 4.79 Å². The summed E-state index contributed by atoms with van der Waals surface area (Å²) in [6, 6.07) is 9.03. The second kappa shape index (κ2) is 7.59. The minimum atomic E-state index is -0.324. The number of hydrogen-bond donors (Lipinski definition) is 1. The molecule has 2 aliphatic carbocycles. The maximum absolute atomic E-state index is 12.1. The molecule has 30 heavy (non-hydrogen) atoms. The second-order valence-corrected chi connectivity index (χ2v) is 11.0. The number of benzene rings is 1. The van der Waals surface area contributed by atoms with Crippen molar-refractivity contribution in [3.63, 3.8) is 0 Å². The Hall–Kier alpha value is -2.03. The zero-order chi connectivity index (χ0) is 21.7. The molecule has 2 N–H and O–H groups in total. The van der Waals surface area contributed by atoms with Crippen molar-refractivity contribution in [1.82, 2.24) is 4.57 Å². The predicted octanol–water partition coefficient (Wildman–Crippen LogP) is 6.49. The monoisotopic (exact) mass is 406 g/mol. The summed E-state index contributed by atoms with van der Waals surface area (Å²) in [5.41, 5.74) is 13.1. The maximum atomic E-state index is 12.1. The molecule has 3 heteroatoms. The van der Waals surface area contributed by atoms with E-state index < -0.39 is 0 Å². The van der Waals surface area contributed by atoms with Crippen LogP contribution in [0.4, 0.5) is 0 Å². The Balaban J connectivity index is 1.82. The van der Waals surface area contributed by atoms with Gasteiger partial charge in [-0.1, -0.05) is 59.1 Å². The van der Waals surface area contributed by atoms with Gasteiger partial charge in [0.15, 0.2) is 0 Å². The quantitative estimate of drug-likeness (QED) is 0.619. The topological polar surface area (TPSA) is 48.0 Å². The average Bonchev–Trinajstić information content (AvgIpc) is 3.03. The van der Waals surface area contributed by atoms with Gasteiger partial charge in [0.25, 0.3) is 5.91 Å². The van der Waals surface area contributed by atoms with Crippen LogP contribution in [0.25, 0.3) is 11.3 Å². The highest BCUT2D eigenvalue weighted by molar-refractivity contribution is 5.95. The van der Waals surface area contributed by atoms with Gasteiger partial charge in [-0.2, -0.15) is 0 Å². The van der Waals surface area contributed by atoms with Gasteiger partial charge in [-0.25, -0.2) is 0 Å². The Bertz CT molecular complexity index is 957. The molecule has 0 aliphatic heterocycles. The standard InChI is InChI=1S/C27H38N2O/c1-18-21(25(28)30)16-24(29(18)17-19-9-7-6-8-10-19)20-11-12-22-23(15-20)27(4,5)14-13-26(22,2)3/h11-12,15-16,19H,6-10,13-14,17H2,1-5H3,(H2,28,30). The molecule has 1 fully saturated rings. The van der Waals surface area contributed by atoms with Crippen LogP contribution in [0, 0.1) is 12.8 Å². The Morgan fingerprint density at radius 3 is 2.27 bits per heavy atom. The number of nitrogens with zero attached hydrogens (tertiary/aromatic N) is 1. The minimum Gasteiger partial charge on any atom is -0.366 e. The van der Waals surface area contributed by atoms with Crippen LogP contribution in [0.5, 0.6) is 0 Å². The number of fused-ring (bicyclic) bond motifs is 1. The molecule has 1 aromatic heterocycles. The molecule has 4 rings (SSSR count). The Kier molecular flexibility index (Phi) is 5.36. The van der Waals surface area contributed by atoms with Gasteiger partial charge in [0.1, 0.15) is 0 Å². The molecule has 162 valence electrons. The highest BCUT2D eigenvalue weighted by Gasteiger charge is 2.37. The van der Waals surface area contributed by atoms with Crippen molar-refractivity contribution in [1.29, 1.82) is 0 Å². The van der Waals surface area contributed by atoms with Crippen LogP contribution >= 0.6 is 0 Å². The van der Waals surface area contributed by atoms with Crippen LogP contribution in [0.3, 0.4) is 0 Å². The van der Waals surface area contributed by atoms with E-state index >= 15 is 0 Å². The normalized spacial score (nSPS) is 20.7. The number of carbonyl (C=O) groups excluding carboxylic acids is 1. The molecule has 2 aromatic rings. The lowest BCUT2D eigenvalue weighted by atomic mass is 9.63. The summed E-state index contributed by atoms with van der Waals surface area (Å²) < 4.78 is 2.37. The third kappa shape index (κ3) is 3.72. The zero-order valence-electron chi connectivity index (χ0n) is 19.5. The van der Waals surface area contributed by atoms with E-state index in [0.29, 0.717) is 11.5 Å². The molecule has 1 saturated carbocycles. The van der Waals surface area contributed by atoms with Crippen molar-refractivity contribution in [3.05, 3.63) is 46.6 Å². The van der Waals surface area contributed by atoms with Gasteiger partial charge in [-0.15, -0.1) is 0 Å². The van der Waals surface area contributed by atoms with Crippen molar-refractivity contribution >= 4 is 5.91 Å². The molecule has 1 amide bonds. The summed E-state index contributed by atoms with van der Waals surface area (Å²) in [5, 5.41) is 0. The third-order valence-corrected chi connectivity index (χ3v) is 7.95. The largest absolute Gasteiger partial charge is 0.366 e. The van der Waals surface area contributed by atoms with Gasteiger partial charge in [0.05, 0.1) is 5.56 Å². The molecule has 0 bridgehead atoms. The van der Waals surface area contributed by atoms with E-state index in [-0.39, 0.29) is 16.7 Å². The highest BCUT2D eigenvalue weighted by Crippen LogP contribution is 2.47. The molecular formula is C27H38N2O. The SMILES string of the molecule is Cc1c(C(N)=O)cc(-c2ccc3c(c2)C(C)(C)CCC3(C)C)n1CC1CCCCC1. The van der Waals surface area contributed by atoms with E-state index in [1.54, 1.807) is 0 Å². The van der Waals surface area contributed by atoms with Crippen molar-refractivity contribution in [2.24, 2.45) is 11.7 Å². The number of hydrogen-bond acceptors (Lipinski definition) is 1. The van der Waals surface area contributed by atoms with Gasteiger partial charge in [0, 0.05) is 17.9 Å². The summed E-state index contributed by atoms with van der Waals surface area (Å²) in [6.07, 6.45) is 9.00. The first kappa shape index (κ1) is 21.2.